The number of carbonyl (C=O) groups is 2. The summed E-state index contributed by atoms with van der Waals surface area (Å²) in [6.45, 7) is 1.31. The van der Waals surface area contributed by atoms with Gasteiger partial charge >= 0.3 is 12.1 Å². The zero-order valence-electron chi connectivity index (χ0n) is 15.3. The molecule has 0 aliphatic carbocycles. The summed E-state index contributed by atoms with van der Waals surface area (Å²) in [6, 6.07) is 8.47. The molecule has 28 heavy (non-hydrogen) atoms. The number of alkyl halides is 3. The molecule has 2 rings (SSSR count). The Morgan fingerprint density at radius 3 is 2.29 bits per heavy atom. The molecule has 0 heterocycles. The number of methoxy groups -OCH3 is 2. The molecule has 0 saturated heterocycles. The second-order valence-electron chi connectivity index (χ2n) is 5.69. The first kappa shape index (κ1) is 21.1. The lowest BCUT2D eigenvalue weighted by atomic mass is 10.2. The number of benzene rings is 2. The van der Waals surface area contributed by atoms with E-state index in [0.29, 0.717) is 11.5 Å². The van der Waals surface area contributed by atoms with Gasteiger partial charge in [-0.1, -0.05) is 6.07 Å². The molecule has 1 amide bonds. The number of carbonyl (C=O) groups excluding carboxylic acids is 2. The fourth-order valence-corrected chi connectivity index (χ4v) is 2.26. The Balaban J connectivity index is 2.05. The lowest BCUT2D eigenvalue weighted by Gasteiger charge is -2.15. The summed E-state index contributed by atoms with van der Waals surface area (Å²) >= 11 is 0. The number of esters is 1. The Hall–Kier alpha value is -3.23. The van der Waals surface area contributed by atoms with Crippen molar-refractivity contribution in [1.29, 1.82) is 0 Å². The Morgan fingerprint density at radius 2 is 1.68 bits per heavy atom. The number of ether oxygens (including phenoxy) is 3. The van der Waals surface area contributed by atoms with Crippen LogP contribution in [-0.4, -0.2) is 32.2 Å². The maximum atomic E-state index is 12.7. The smallest absolute Gasteiger partial charge is 0.416 e. The number of nitrogens with one attached hydrogen (secondary N) is 1. The van der Waals surface area contributed by atoms with Crippen LogP contribution in [0.2, 0.25) is 0 Å². The maximum absolute atomic E-state index is 12.7. The third kappa shape index (κ3) is 5.15. The molecular formula is C19H18F3NO5. The Kier molecular flexibility index (Phi) is 6.50. The van der Waals surface area contributed by atoms with Gasteiger partial charge in [-0.05, 0) is 43.3 Å². The normalized spacial score (nSPS) is 12.1. The van der Waals surface area contributed by atoms with E-state index in [1.807, 2.05) is 0 Å². The van der Waals surface area contributed by atoms with Gasteiger partial charge in [0.25, 0.3) is 5.91 Å². The first-order valence-corrected chi connectivity index (χ1v) is 8.07. The van der Waals surface area contributed by atoms with Crippen LogP contribution in [0.4, 0.5) is 18.9 Å². The van der Waals surface area contributed by atoms with Crippen molar-refractivity contribution in [3.63, 3.8) is 0 Å². The molecule has 0 fully saturated rings. The Bertz CT molecular complexity index is 867. The largest absolute Gasteiger partial charge is 0.493 e. The SMILES string of the molecule is COc1ccc(C(=O)O[C@H](C)C(=O)Nc2cccc(C(F)(F)F)c2)cc1OC. The monoisotopic (exact) mass is 397 g/mol. The summed E-state index contributed by atoms with van der Waals surface area (Å²) in [6.07, 6.45) is -5.78. The van der Waals surface area contributed by atoms with Gasteiger partial charge < -0.3 is 19.5 Å². The van der Waals surface area contributed by atoms with Crippen LogP contribution in [0.25, 0.3) is 0 Å². The van der Waals surface area contributed by atoms with Crippen LogP contribution in [0.5, 0.6) is 11.5 Å². The van der Waals surface area contributed by atoms with Crippen molar-refractivity contribution in [3.05, 3.63) is 53.6 Å². The highest BCUT2D eigenvalue weighted by atomic mass is 19.4. The van der Waals surface area contributed by atoms with E-state index in [1.54, 1.807) is 0 Å². The predicted octanol–water partition coefficient (Wildman–Crippen LogP) is 3.91. The molecule has 150 valence electrons. The third-order valence-corrected chi connectivity index (χ3v) is 3.73. The number of anilines is 1. The quantitative estimate of drug-likeness (QED) is 0.749. The molecule has 9 heteroatoms. The Labute approximate surface area is 159 Å². The van der Waals surface area contributed by atoms with Gasteiger partial charge in [0.2, 0.25) is 0 Å². The van der Waals surface area contributed by atoms with E-state index >= 15 is 0 Å². The van der Waals surface area contributed by atoms with Crippen LogP contribution >= 0.6 is 0 Å². The van der Waals surface area contributed by atoms with Gasteiger partial charge in [0.1, 0.15) is 0 Å². The molecule has 0 radical (unpaired) electrons. The van der Waals surface area contributed by atoms with Gasteiger partial charge in [0.05, 0.1) is 25.3 Å². The molecule has 2 aromatic rings. The van der Waals surface area contributed by atoms with Gasteiger partial charge in [-0.3, -0.25) is 4.79 Å². The van der Waals surface area contributed by atoms with Crippen LogP contribution in [0, 0.1) is 0 Å². The number of rotatable bonds is 6. The molecule has 1 atom stereocenters. The molecule has 0 saturated carbocycles. The van der Waals surface area contributed by atoms with Crippen molar-refractivity contribution < 1.29 is 37.0 Å². The fourth-order valence-electron chi connectivity index (χ4n) is 2.26. The molecule has 0 unspecified atom stereocenters. The molecular weight excluding hydrogens is 379 g/mol. The van der Waals surface area contributed by atoms with Crippen LogP contribution in [0.1, 0.15) is 22.8 Å². The summed E-state index contributed by atoms with van der Waals surface area (Å²) in [7, 11) is 2.84. The molecule has 6 nitrogen and oxygen atoms in total. The molecule has 1 N–H and O–H groups in total. The van der Waals surface area contributed by atoms with Crippen molar-refractivity contribution in [3.8, 4) is 11.5 Å². The van der Waals surface area contributed by atoms with Gasteiger partial charge in [-0.2, -0.15) is 13.2 Å². The average molecular weight is 397 g/mol. The van der Waals surface area contributed by atoms with Crippen molar-refractivity contribution >= 4 is 17.6 Å². The van der Waals surface area contributed by atoms with Gasteiger partial charge in [-0.15, -0.1) is 0 Å². The molecule has 2 aromatic carbocycles. The van der Waals surface area contributed by atoms with Crippen molar-refractivity contribution in [2.45, 2.75) is 19.2 Å². The minimum atomic E-state index is -4.54. The highest BCUT2D eigenvalue weighted by molar-refractivity contribution is 5.97. The van der Waals surface area contributed by atoms with E-state index in [-0.39, 0.29) is 11.3 Å². The summed E-state index contributed by atoms with van der Waals surface area (Å²) < 4.78 is 53.4. The molecule has 0 aliphatic heterocycles. The lowest BCUT2D eigenvalue weighted by Crippen LogP contribution is -2.30. The highest BCUT2D eigenvalue weighted by Gasteiger charge is 2.30. The van der Waals surface area contributed by atoms with Crippen LogP contribution < -0.4 is 14.8 Å². The minimum Gasteiger partial charge on any atom is -0.493 e. The predicted molar refractivity (Wildman–Crippen MR) is 94.5 cm³/mol. The van der Waals surface area contributed by atoms with Crippen molar-refractivity contribution in [1.82, 2.24) is 0 Å². The third-order valence-electron chi connectivity index (χ3n) is 3.73. The minimum absolute atomic E-state index is 0.0613. The number of hydrogen-bond donors (Lipinski definition) is 1. The zero-order chi connectivity index (χ0) is 20.9. The number of hydrogen-bond acceptors (Lipinski definition) is 5. The maximum Gasteiger partial charge on any atom is 0.416 e. The van der Waals surface area contributed by atoms with E-state index in [1.165, 1.54) is 51.5 Å². The highest BCUT2D eigenvalue weighted by Crippen LogP contribution is 2.31. The van der Waals surface area contributed by atoms with E-state index in [9.17, 15) is 22.8 Å². The van der Waals surface area contributed by atoms with E-state index < -0.39 is 29.7 Å². The van der Waals surface area contributed by atoms with Crippen LogP contribution in [-0.2, 0) is 15.7 Å². The first-order valence-electron chi connectivity index (χ1n) is 8.07. The van der Waals surface area contributed by atoms with E-state index in [4.69, 9.17) is 14.2 Å². The van der Waals surface area contributed by atoms with Crippen LogP contribution in [0.15, 0.2) is 42.5 Å². The van der Waals surface area contributed by atoms with Crippen molar-refractivity contribution in [2.24, 2.45) is 0 Å². The van der Waals surface area contributed by atoms with E-state index in [2.05, 4.69) is 5.32 Å². The average Bonchev–Trinajstić information content (AvgIpc) is 2.66. The molecule has 0 spiro atoms. The molecule has 0 bridgehead atoms. The van der Waals surface area contributed by atoms with Gasteiger partial charge in [-0.25, -0.2) is 4.79 Å². The zero-order valence-corrected chi connectivity index (χ0v) is 15.3. The van der Waals surface area contributed by atoms with Crippen molar-refractivity contribution in [2.75, 3.05) is 19.5 Å². The summed E-state index contributed by atoms with van der Waals surface area (Å²) in [5, 5.41) is 2.29. The standard InChI is InChI=1S/C19H18F3NO5/c1-11(17(24)23-14-6-4-5-13(10-14)19(20,21)22)28-18(25)12-7-8-15(26-2)16(9-12)27-3/h4-11H,1-3H3,(H,23,24)/t11-/m1/s1. The fraction of sp³-hybridized carbons (Fsp3) is 0.263. The van der Waals surface area contributed by atoms with Gasteiger partial charge in [0.15, 0.2) is 17.6 Å². The second kappa shape index (κ2) is 8.64. The summed E-state index contributed by atoms with van der Waals surface area (Å²) in [4.78, 5) is 24.4. The topological polar surface area (TPSA) is 73.9 Å². The van der Waals surface area contributed by atoms with Crippen LogP contribution in [0.3, 0.4) is 0 Å². The Morgan fingerprint density at radius 1 is 1.00 bits per heavy atom. The molecule has 0 aromatic heterocycles. The second-order valence-corrected chi connectivity index (χ2v) is 5.69. The summed E-state index contributed by atoms with van der Waals surface area (Å²) in [5.41, 5.74) is -0.842. The number of halogens is 3. The van der Waals surface area contributed by atoms with Gasteiger partial charge in [0, 0.05) is 5.69 Å². The summed E-state index contributed by atoms with van der Waals surface area (Å²) in [5.74, 6) is -0.854. The number of amides is 1. The van der Waals surface area contributed by atoms with E-state index in [0.717, 1.165) is 12.1 Å². The first-order chi connectivity index (χ1) is 13.2. The molecule has 0 aliphatic rings. The lowest BCUT2D eigenvalue weighted by molar-refractivity contribution is -0.137.